The Kier molecular flexibility index (Phi) is 7.45. The standard InChI is InChI=1S/C15H23FN2O.ClH/c1-12-11-13(16)4-5-14(12)15(3-2-10-19)18-8-6-17-7-9-18;/h4-5,11,15,17,19H,2-3,6-10H2,1H3;1H/t15-;/m1./s1. The monoisotopic (exact) mass is 302 g/mol. The highest BCUT2D eigenvalue weighted by atomic mass is 35.5. The third-order valence-electron chi connectivity index (χ3n) is 3.82. The van der Waals surface area contributed by atoms with E-state index in [1.165, 1.54) is 11.6 Å². The number of hydrogen-bond donors (Lipinski definition) is 2. The van der Waals surface area contributed by atoms with Gasteiger partial charge in [-0.05, 0) is 43.0 Å². The summed E-state index contributed by atoms with van der Waals surface area (Å²) in [5.74, 6) is -0.178. The predicted octanol–water partition coefficient (Wildman–Crippen LogP) is 2.27. The van der Waals surface area contributed by atoms with E-state index in [1.54, 1.807) is 6.07 Å². The molecule has 1 aromatic rings. The van der Waals surface area contributed by atoms with Crippen LogP contribution in [0, 0.1) is 12.7 Å². The van der Waals surface area contributed by atoms with Gasteiger partial charge in [0, 0.05) is 38.8 Å². The summed E-state index contributed by atoms with van der Waals surface area (Å²) in [6, 6.07) is 5.32. The van der Waals surface area contributed by atoms with Gasteiger partial charge >= 0.3 is 0 Å². The molecule has 0 spiro atoms. The first-order chi connectivity index (χ1) is 9.22. The van der Waals surface area contributed by atoms with Gasteiger partial charge in [-0.1, -0.05) is 6.07 Å². The Morgan fingerprint density at radius 3 is 2.65 bits per heavy atom. The predicted molar refractivity (Wildman–Crippen MR) is 81.9 cm³/mol. The second-order valence-electron chi connectivity index (χ2n) is 5.17. The zero-order valence-corrected chi connectivity index (χ0v) is 12.8. The van der Waals surface area contributed by atoms with E-state index in [2.05, 4.69) is 10.2 Å². The van der Waals surface area contributed by atoms with Gasteiger partial charge in [-0.2, -0.15) is 0 Å². The topological polar surface area (TPSA) is 35.5 Å². The van der Waals surface area contributed by atoms with Crippen molar-refractivity contribution in [3.63, 3.8) is 0 Å². The van der Waals surface area contributed by atoms with Crippen LogP contribution in [0.5, 0.6) is 0 Å². The number of piperazine rings is 1. The number of aryl methyl sites for hydroxylation is 1. The molecule has 114 valence electrons. The number of aliphatic hydroxyl groups is 1. The molecule has 1 fully saturated rings. The van der Waals surface area contributed by atoms with Crippen LogP contribution in [0.15, 0.2) is 18.2 Å². The van der Waals surface area contributed by atoms with Crippen molar-refractivity contribution in [3.8, 4) is 0 Å². The molecule has 20 heavy (non-hydrogen) atoms. The number of halogens is 2. The fourth-order valence-electron chi connectivity index (χ4n) is 2.83. The fourth-order valence-corrected chi connectivity index (χ4v) is 2.83. The van der Waals surface area contributed by atoms with Crippen molar-refractivity contribution in [2.45, 2.75) is 25.8 Å². The molecule has 0 unspecified atom stereocenters. The minimum atomic E-state index is -0.178. The van der Waals surface area contributed by atoms with Gasteiger partial charge in [0.05, 0.1) is 0 Å². The lowest BCUT2D eigenvalue weighted by Crippen LogP contribution is -2.45. The maximum atomic E-state index is 13.2. The third kappa shape index (κ3) is 4.42. The van der Waals surface area contributed by atoms with Crippen molar-refractivity contribution in [1.29, 1.82) is 0 Å². The Hall–Kier alpha value is -0.680. The van der Waals surface area contributed by atoms with Gasteiger partial charge in [0.25, 0.3) is 0 Å². The van der Waals surface area contributed by atoms with E-state index in [-0.39, 0.29) is 30.9 Å². The molecule has 0 aliphatic carbocycles. The highest BCUT2D eigenvalue weighted by Gasteiger charge is 2.23. The van der Waals surface area contributed by atoms with Crippen LogP contribution < -0.4 is 5.32 Å². The van der Waals surface area contributed by atoms with Crippen molar-refractivity contribution in [1.82, 2.24) is 10.2 Å². The smallest absolute Gasteiger partial charge is 0.123 e. The second kappa shape index (κ2) is 8.57. The van der Waals surface area contributed by atoms with E-state index in [0.29, 0.717) is 0 Å². The van der Waals surface area contributed by atoms with Gasteiger partial charge in [0.2, 0.25) is 0 Å². The minimum Gasteiger partial charge on any atom is -0.396 e. The van der Waals surface area contributed by atoms with Crippen molar-refractivity contribution in [2.24, 2.45) is 0 Å². The molecular formula is C15H24ClFN2O. The average molecular weight is 303 g/mol. The number of rotatable bonds is 5. The summed E-state index contributed by atoms with van der Waals surface area (Å²) < 4.78 is 13.2. The molecule has 2 rings (SSSR count). The number of benzene rings is 1. The summed E-state index contributed by atoms with van der Waals surface area (Å²) in [5, 5.41) is 12.4. The molecule has 1 aliphatic rings. The van der Waals surface area contributed by atoms with Crippen molar-refractivity contribution in [2.75, 3.05) is 32.8 Å². The van der Waals surface area contributed by atoms with Gasteiger partial charge in [-0.3, -0.25) is 4.90 Å². The fraction of sp³-hybridized carbons (Fsp3) is 0.600. The Morgan fingerprint density at radius 2 is 2.05 bits per heavy atom. The number of aliphatic hydroxyl groups excluding tert-OH is 1. The summed E-state index contributed by atoms with van der Waals surface area (Å²) in [7, 11) is 0. The molecule has 1 aromatic carbocycles. The number of nitrogens with zero attached hydrogens (tertiary/aromatic N) is 1. The Labute approximate surface area is 126 Å². The van der Waals surface area contributed by atoms with Crippen molar-refractivity contribution < 1.29 is 9.50 Å². The van der Waals surface area contributed by atoms with Crippen LogP contribution in [-0.4, -0.2) is 42.8 Å². The number of hydrogen-bond acceptors (Lipinski definition) is 3. The van der Waals surface area contributed by atoms with Gasteiger partial charge in [0.15, 0.2) is 0 Å². The maximum Gasteiger partial charge on any atom is 0.123 e. The average Bonchev–Trinajstić information content (AvgIpc) is 2.42. The molecule has 1 aliphatic heterocycles. The molecule has 0 saturated carbocycles. The van der Waals surface area contributed by atoms with Gasteiger partial charge in [0.1, 0.15) is 5.82 Å². The summed E-state index contributed by atoms with van der Waals surface area (Å²) in [5.41, 5.74) is 2.19. The summed E-state index contributed by atoms with van der Waals surface area (Å²) in [6.07, 6.45) is 1.70. The summed E-state index contributed by atoms with van der Waals surface area (Å²) in [4.78, 5) is 2.44. The van der Waals surface area contributed by atoms with E-state index in [9.17, 15) is 4.39 Å². The SMILES string of the molecule is Cc1cc(F)ccc1[C@@H](CCCO)N1CCNCC1.Cl. The molecular weight excluding hydrogens is 279 g/mol. The van der Waals surface area contributed by atoms with Crippen LogP contribution in [0.4, 0.5) is 4.39 Å². The Morgan fingerprint density at radius 1 is 1.35 bits per heavy atom. The van der Waals surface area contributed by atoms with Crippen LogP contribution >= 0.6 is 12.4 Å². The summed E-state index contributed by atoms with van der Waals surface area (Å²) >= 11 is 0. The highest BCUT2D eigenvalue weighted by Crippen LogP contribution is 2.28. The molecule has 1 heterocycles. The lowest BCUT2D eigenvalue weighted by Gasteiger charge is -2.36. The quantitative estimate of drug-likeness (QED) is 0.876. The normalized spacial score (nSPS) is 17.6. The van der Waals surface area contributed by atoms with E-state index in [1.807, 2.05) is 13.0 Å². The third-order valence-corrected chi connectivity index (χ3v) is 3.82. The molecule has 0 radical (unpaired) electrons. The van der Waals surface area contributed by atoms with E-state index < -0.39 is 0 Å². The maximum absolute atomic E-state index is 13.2. The molecule has 2 N–H and O–H groups in total. The zero-order chi connectivity index (χ0) is 13.7. The van der Waals surface area contributed by atoms with Crippen LogP contribution in [-0.2, 0) is 0 Å². The van der Waals surface area contributed by atoms with E-state index in [0.717, 1.165) is 44.6 Å². The Bertz CT molecular complexity index is 411. The lowest BCUT2D eigenvalue weighted by atomic mass is 9.95. The van der Waals surface area contributed by atoms with Crippen molar-refractivity contribution >= 4 is 12.4 Å². The first-order valence-corrected chi connectivity index (χ1v) is 7.04. The van der Waals surface area contributed by atoms with E-state index in [4.69, 9.17) is 5.11 Å². The van der Waals surface area contributed by atoms with Crippen LogP contribution in [0.1, 0.15) is 30.0 Å². The number of nitrogens with one attached hydrogen (secondary N) is 1. The molecule has 1 atom stereocenters. The molecule has 0 aromatic heterocycles. The molecule has 0 bridgehead atoms. The van der Waals surface area contributed by atoms with Crippen LogP contribution in [0.2, 0.25) is 0 Å². The first-order valence-electron chi connectivity index (χ1n) is 7.04. The van der Waals surface area contributed by atoms with Crippen molar-refractivity contribution in [3.05, 3.63) is 35.1 Å². The Balaban J connectivity index is 0.00000200. The first kappa shape index (κ1) is 17.4. The van der Waals surface area contributed by atoms with Crippen LogP contribution in [0.3, 0.4) is 0 Å². The molecule has 3 nitrogen and oxygen atoms in total. The van der Waals surface area contributed by atoms with Gasteiger partial charge in [-0.25, -0.2) is 4.39 Å². The second-order valence-corrected chi connectivity index (χ2v) is 5.17. The zero-order valence-electron chi connectivity index (χ0n) is 11.9. The largest absolute Gasteiger partial charge is 0.396 e. The summed E-state index contributed by atoms with van der Waals surface area (Å²) in [6.45, 7) is 6.18. The van der Waals surface area contributed by atoms with Crippen LogP contribution in [0.25, 0.3) is 0 Å². The van der Waals surface area contributed by atoms with Gasteiger partial charge in [-0.15, -0.1) is 12.4 Å². The molecule has 5 heteroatoms. The van der Waals surface area contributed by atoms with E-state index >= 15 is 0 Å². The molecule has 0 amide bonds. The van der Waals surface area contributed by atoms with Gasteiger partial charge < -0.3 is 10.4 Å². The highest BCUT2D eigenvalue weighted by molar-refractivity contribution is 5.85. The lowest BCUT2D eigenvalue weighted by molar-refractivity contribution is 0.154. The molecule has 1 saturated heterocycles. The minimum absolute atomic E-state index is 0.